The Labute approximate surface area is 498 Å². The Morgan fingerprint density at radius 3 is 1.58 bits per heavy atom. The third-order valence-electron chi connectivity index (χ3n) is 18.7. The molecule has 0 radical (unpaired) electrons. The lowest BCUT2D eigenvalue weighted by Crippen LogP contribution is -2.61. The van der Waals surface area contributed by atoms with Crippen LogP contribution in [-0.4, -0.2) is 6.85 Å². The van der Waals surface area contributed by atoms with E-state index in [2.05, 4.69) is 318 Å². The number of rotatable bonds is 6. The molecule has 3 heterocycles. The van der Waals surface area contributed by atoms with Crippen LogP contribution in [-0.2, 0) is 27.1 Å². The smallest absolute Gasteiger partial charge is 0.333 e. The summed E-state index contributed by atoms with van der Waals surface area (Å²) >= 11 is 0. The highest BCUT2D eigenvalue weighted by molar-refractivity contribution is 6.94. The summed E-state index contributed by atoms with van der Waals surface area (Å²) in [6, 6.07) is 78.8. The molecule has 4 nitrogen and oxygen atoms in total. The van der Waals surface area contributed by atoms with Crippen molar-refractivity contribution in [3.8, 4) is 33.4 Å². The maximum Gasteiger partial charge on any atom is 0.333 e. The van der Waals surface area contributed by atoms with Crippen LogP contribution in [0, 0.1) is 0 Å². The zero-order valence-electron chi connectivity index (χ0n) is 51.5. The largest absolute Gasteiger partial charge is 0.454 e. The monoisotopic (exact) mass is 1090 g/mol. The molecule has 2 aliphatic heterocycles. The van der Waals surface area contributed by atoms with Crippen molar-refractivity contribution in [2.24, 2.45) is 0 Å². The number of para-hydroxylation sites is 1. The molecule has 3 aliphatic rings. The van der Waals surface area contributed by atoms with Gasteiger partial charge in [-0.05, 0) is 173 Å². The predicted molar refractivity (Wildman–Crippen MR) is 360 cm³/mol. The highest BCUT2D eigenvalue weighted by Crippen LogP contribution is 2.56. The number of benzene rings is 10. The first kappa shape index (κ1) is 53.5. The molecular weight excluding hydrogens is 1020 g/mol. The van der Waals surface area contributed by atoms with E-state index in [4.69, 9.17) is 4.42 Å². The van der Waals surface area contributed by atoms with E-state index in [1.54, 1.807) is 0 Å². The second kappa shape index (κ2) is 18.7. The second-order valence-electron chi connectivity index (χ2n) is 28.7. The molecular formula is C79H76BN3O. The number of nitrogens with zero attached hydrogens (tertiary/aromatic N) is 3. The summed E-state index contributed by atoms with van der Waals surface area (Å²) in [7, 11) is 0. The van der Waals surface area contributed by atoms with Crippen molar-refractivity contribution in [3.63, 3.8) is 0 Å². The van der Waals surface area contributed by atoms with Crippen molar-refractivity contribution in [1.29, 1.82) is 0 Å². The Balaban J connectivity index is 1.13. The molecule has 10 aromatic carbocycles. The fourth-order valence-electron chi connectivity index (χ4n) is 13.9. The Morgan fingerprint density at radius 2 is 0.952 bits per heavy atom. The van der Waals surface area contributed by atoms with Gasteiger partial charge in [-0.2, -0.15) is 0 Å². The number of fused-ring (bicyclic) bond motifs is 11. The number of hydrogen-bond donors (Lipinski definition) is 0. The number of anilines is 8. The minimum atomic E-state index is -0.262. The van der Waals surface area contributed by atoms with Crippen molar-refractivity contribution in [3.05, 3.63) is 240 Å². The normalized spacial score (nSPS) is 14.3. The van der Waals surface area contributed by atoms with E-state index >= 15 is 0 Å². The fourth-order valence-corrected chi connectivity index (χ4v) is 13.9. The maximum absolute atomic E-state index is 7.45. The summed E-state index contributed by atoms with van der Waals surface area (Å²) in [4.78, 5) is 7.75. The lowest BCUT2D eigenvalue weighted by Gasteiger charge is -2.46. The fraction of sp³-hybridized carbons (Fsp3) is 0.241. The topological polar surface area (TPSA) is 22.9 Å². The lowest BCUT2D eigenvalue weighted by molar-refractivity contribution is 0.590. The average Bonchev–Trinajstić information content (AvgIpc) is 1.19. The van der Waals surface area contributed by atoms with Gasteiger partial charge in [-0.3, -0.25) is 0 Å². The molecule has 14 rings (SSSR count). The first-order valence-corrected chi connectivity index (χ1v) is 30.3. The minimum absolute atomic E-state index is 0.00637. The van der Waals surface area contributed by atoms with Crippen molar-refractivity contribution >= 4 is 85.2 Å². The van der Waals surface area contributed by atoms with Crippen LogP contribution in [0.4, 0.5) is 45.5 Å². The molecule has 1 aliphatic carbocycles. The van der Waals surface area contributed by atoms with Crippen LogP contribution in [0.25, 0.3) is 55.3 Å². The van der Waals surface area contributed by atoms with Crippen LogP contribution < -0.4 is 25.5 Å². The van der Waals surface area contributed by atoms with Crippen molar-refractivity contribution in [2.75, 3.05) is 14.6 Å². The second-order valence-corrected chi connectivity index (χ2v) is 28.7. The van der Waals surface area contributed by atoms with Gasteiger partial charge in [0.15, 0.2) is 5.58 Å². The lowest BCUT2D eigenvalue weighted by atomic mass is 9.43. The molecule has 416 valence electrons. The van der Waals surface area contributed by atoms with Crippen LogP contribution >= 0.6 is 0 Å². The zero-order chi connectivity index (χ0) is 58.6. The van der Waals surface area contributed by atoms with Gasteiger partial charge in [-0.25, -0.2) is 0 Å². The molecule has 1 aromatic heterocycles. The minimum Gasteiger partial charge on any atom is -0.454 e. The predicted octanol–water partition coefficient (Wildman–Crippen LogP) is 20.9. The third-order valence-corrected chi connectivity index (χ3v) is 18.7. The van der Waals surface area contributed by atoms with Gasteiger partial charge in [0.1, 0.15) is 5.58 Å². The molecule has 0 saturated heterocycles. The Hall–Kier alpha value is -8.54. The maximum atomic E-state index is 7.45. The highest BCUT2D eigenvalue weighted by atomic mass is 16.3. The number of hydrogen-bond acceptors (Lipinski definition) is 4. The van der Waals surface area contributed by atoms with E-state index in [9.17, 15) is 0 Å². The van der Waals surface area contributed by atoms with Gasteiger partial charge < -0.3 is 19.0 Å². The first-order valence-electron chi connectivity index (χ1n) is 30.3. The molecule has 0 N–H and O–H groups in total. The van der Waals surface area contributed by atoms with E-state index in [1.807, 2.05) is 0 Å². The van der Waals surface area contributed by atoms with Gasteiger partial charge in [0, 0.05) is 61.4 Å². The molecule has 0 bridgehead atoms. The van der Waals surface area contributed by atoms with Crippen molar-refractivity contribution in [2.45, 2.75) is 124 Å². The quantitative estimate of drug-likeness (QED) is 0.155. The third kappa shape index (κ3) is 8.47. The Bertz CT molecular complexity index is 4370. The molecule has 0 atom stereocenters. The summed E-state index contributed by atoms with van der Waals surface area (Å²) in [6.45, 7) is 32.2. The molecule has 0 saturated carbocycles. The standard InChI is InChI=1S/C79H76BN3O/c1-75(2,3)50-28-35-54(36-29-50)81(55-37-30-51(31-38-55)76(4,5)6)57-41-43-69-62(45-57)63-46-64-59-25-19-21-27-71(59)84-74(64)73-72(63)80(83(69)56-39-32-52(33-40-56)77(7,8)9)67-48-66-61(58-24-18-20-26-65(58)79(66,13)14)47-70(67)82(73)68-42-34-53(78(10,11)12)44-60(68)49-22-16-15-17-23-49/h15-48H,1-14H3. The SMILES string of the molecule is CC(C)(C)c1ccc(N2B3c4cc5c(cc4N(c4ccc(C(C)(C)C)cc4-c4ccccc4)c4c3c(cc3c4oc4ccccc43)-c3cc(N(c4ccc(C(C)(C)C)cc4)c4ccc(C(C)(C)C)cc4)ccc32)-c2ccccc2C5(C)C)cc1. The van der Waals surface area contributed by atoms with E-state index in [-0.39, 0.29) is 33.9 Å². The van der Waals surface area contributed by atoms with Crippen molar-refractivity contribution in [1.82, 2.24) is 0 Å². The van der Waals surface area contributed by atoms with Crippen LogP contribution in [0.15, 0.2) is 211 Å². The summed E-state index contributed by atoms with van der Waals surface area (Å²) < 4.78 is 7.45. The van der Waals surface area contributed by atoms with Gasteiger partial charge in [-0.1, -0.05) is 218 Å². The van der Waals surface area contributed by atoms with Gasteiger partial charge in [0.05, 0.1) is 11.4 Å². The summed E-state index contributed by atoms with van der Waals surface area (Å²) in [5.74, 6) is 0. The van der Waals surface area contributed by atoms with E-state index in [1.165, 1.54) is 77.7 Å². The highest BCUT2D eigenvalue weighted by Gasteiger charge is 2.49. The average molecular weight is 1090 g/mol. The molecule has 0 amide bonds. The van der Waals surface area contributed by atoms with Crippen molar-refractivity contribution < 1.29 is 4.42 Å². The van der Waals surface area contributed by atoms with E-state index in [0.717, 1.165) is 67.4 Å². The molecule has 84 heavy (non-hydrogen) atoms. The summed E-state index contributed by atoms with van der Waals surface area (Å²) in [5.41, 5.74) is 28.0. The summed E-state index contributed by atoms with van der Waals surface area (Å²) in [6.07, 6.45) is 0. The Morgan fingerprint density at radius 1 is 0.405 bits per heavy atom. The van der Waals surface area contributed by atoms with Crippen LogP contribution in [0.5, 0.6) is 0 Å². The van der Waals surface area contributed by atoms with Crippen LogP contribution in [0.1, 0.15) is 130 Å². The van der Waals surface area contributed by atoms with E-state index < -0.39 is 0 Å². The van der Waals surface area contributed by atoms with Crippen LogP contribution in [0.2, 0.25) is 0 Å². The molecule has 11 aromatic rings. The zero-order valence-corrected chi connectivity index (χ0v) is 51.5. The van der Waals surface area contributed by atoms with Gasteiger partial charge >= 0.3 is 6.85 Å². The molecule has 5 heteroatoms. The summed E-state index contributed by atoms with van der Waals surface area (Å²) in [5, 5.41) is 2.20. The van der Waals surface area contributed by atoms with Gasteiger partial charge in [-0.15, -0.1) is 0 Å². The molecule has 0 spiro atoms. The molecule has 0 unspecified atom stereocenters. The first-order chi connectivity index (χ1) is 39.9. The van der Waals surface area contributed by atoms with E-state index in [0.29, 0.717) is 0 Å². The molecule has 0 fully saturated rings. The van der Waals surface area contributed by atoms with Crippen LogP contribution in [0.3, 0.4) is 0 Å². The Kier molecular flexibility index (Phi) is 11.9. The number of furan rings is 1. The van der Waals surface area contributed by atoms with Gasteiger partial charge in [0.2, 0.25) is 0 Å². The van der Waals surface area contributed by atoms with Gasteiger partial charge in [0.25, 0.3) is 0 Å².